The summed E-state index contributed by atoms with van der Waals surface area (Å²) in [6.45, 7) is 3.62. The van der Waals surface area contributed by atoms with Gasteiger partial charge >= 0.3 is 0 Å². The van der Waals surface area contributed by atoms with Gasteiger partial charge in [0.15, 0.2) is 5.76 Å². The predicted molar refractivity (Wildman–Crippen MR) is 118 cm³/mol. The van der Waals surface area contributed by atoms with E-state index in [1.807, 2.05) is 22.8 Å². The second kappa shape index (κ2) is 8.10. The molecular formula is C24H27N2O3S+. The van der Waals surface area contributed by atoms with Gasteiger partial charge in [-0.25, -0.2) is 0 Å². The number of aliphatic hydroxyl groups excluding tert-OH is 1. The summed E-state index contributed by atoms with van der Waals surface area (Å²) in [6, 6.07) is 16.3. The maximum Gasteiger partial charge on any atom is 0.258 e. The van der Waals surface area contributed by atoms with Gasteiger partial charge in [0.2, 0.25) is 0 Å². The van der Waals surface area contributed by atoms with Crippen molar-refractivity contribution >= 4 is 11.8 Å². The maximum absolute atomic E-state index is 13.3. The van der Waals surface area contributed by atoms with Gasteiger partial charge in [0, 0.05) is 34.5 Å². The van der Waals surface area contributed by atoms with Gasteiger partial charge in [-0.2, -0.15) is 0 Å². The van der Waals surface area contributed by atoms with E-state index in [1.54, 1.807) is 11.8 Å². The lowest BCUT2D eigenvalue weighted by Gasteiger charge is -2.40. The Balaban J connectivity index is 1.39. The normalized spacial score (nSPS) is 22.7. The monoisotopic (exact) mass is 423 g/mol. The van der Waals surface area contributed by atoms with E-state index in [0.29, 0.717) is 17.6 Å². The molecular weight excluding hydrogens is 396 g/mol. The van der Waals surface area contributed by atoms with Gasteiger partial charge in [0.25, 0.3) is 5.56 Å². The molecule has 2 N–H and O–H groups in total. The Morgan fingerprint density at radius 1 is 1.10 bits per heavy atom. The van der Waals surface area contributed by atoms with E-state index >= 15 is 0 Å². The zero-order valence-electron chi connectivity index (χ0n) is 17.1. The van der Waals surface area contributed by atoms with E-state index in [2.05, 4.69) is 36.6 Å². The highest BCUT2D eigenvalue weighted by atomic mass is 32.2. The third-order valence-electron chi connectivity index (χ3n) is 6.50. The molecule has 0 aliphatic carbocycles. The highest BCUT2D eigenvalue weighted by Gasteiger charge is 2.37. The molecule has 0 amide bonds. The number of thioether (sulfide) groups is 1. The SMILES string of the molecule is CSc1ccc(-c2ccc3n(c2=O)C[C@H]2C[C@@H]3C[NH+](Cc3ccc(CO)o3)C2)cc1. The first kappa shape index (κ1) is 19.7. The largest absolute Gasteiger partial charge is 0.458 e. The summed E-state index contributed by atoms with van der Waals surface area (Å²) in [5.74, 6) is 2.46. The molecule has 2 aliphatic heterocycles. The van der Waals surface area contributed by atoms with E-state index in [0.717, 1.165) is 49.5 Å². The second-order valence-corrected chi connectivity index (χ2v) is 9.36. The van der Waals surface area contributed by atoms with Crippen LogP contribution < -0.4 is 10.5 Å². The Hall–Kier alpha value is -2.28. The molecule has 1 aromatic carbocycles. The molecule has 3 atom stereocenters. The summed E-state index contributed by atoms with van der Waals surface area (Å²) in [6.07, 6.45) is 3.22. The highest BCUT2D eigenvalue weighted by Crippen LogP contribution is 2.32. The van der Waals surface area contributed by atoms with Crippen LogP contribution in [0.5, 0.6) is 0 Å². The lowest BCUT2D eigenvalue weighted by atomic mass is 9.82. The number of quaternary nitrogens is 1. The lowest BCUT2D eigenvalue weighted by Crippen LogP contribution is -3.13. The van der Waals surface area contributed by atoms with Crippen molar-refractivity contribution < 1.29 is 14.4 Å². The van der Waals surface area contributed by atoms with Crippen LogP contribution in [0.3, 0.4) is 0 Å². The third-order valence-corrected chi connectivity index (χ3v) is 7.24. The summed E-state index contributed by atoms with van der Waals surface area (Å²) >= 11 is 1.71. The van der Waals surface area contributed by atoms with E-state index in [-0.39, 0.29) is 12.2 Å². The molecule has 0 spiro atoms. The minimum Gasteiger partial charge on any atom is -0.458 e. The first-order valence-electron chi connectivity index (χ1n) is 10.5. The van der Waals surface area contributed by atoms with Crippen molar-refractivity contribution in [1.82, 2.24) is 4.57 Å². The molecule has 2 aromatic heterocycles. The number of benzene rings is 1. The Bertz CT molecular complexity index is 1100. The number of rotatable bonds is 5. The number of pyridine rings is 1. The van der Waals surface area contributed by atoms with Crippen LogP contribution in [0.4, 0.5) is 0 Å². The molecule has 2 aliphatic rings. The van der Waals surface area contributed by atoms with Gasteiger partial charge in [-0.1, -0.05) is 12.1 Å². The summed E-state index contributed by atoms with van der Waals surface area (Å²) in [4.78, 5) is 16.0. The molecule has 4 heterocycles. The number of hydrogen-bond donors (Lipinski definition) is 2. The molecule has 0 saturated carbocycles. The van der Waals surface area contributed by atoms with Crippen LogP contribution in [0, 0.1) is 5.92 Å². The number of hydrogen-bond acceptors (Lipinski definition) is 4. The Kier molecular flexibility index (Phi) is 5.31. The maximum atomic E-state index is 13.3. The zero-order valence-corrected chi connectivity index (χ0v) is 18.0. The number of fused-ring (bicyclic) bond motifs is 4. The van der Waals surface area contributed by atoms with Gasteiger partial charge in [0.1, 0.15) is 18.9 Å². The van der Waals surface area contributed by atoms with Crippen LogP contribution in [0.15, 0.2) is 62.6 Å². The molecule has 0 radical (unpaired) electrons. The van der Waals surface area contributed by atoms with E-state index < -0.39 is 0 Å². The van der Waals surface area contributed by atoms with Gasteiger partial charge in [-0.05, 0) is 54.6 Å². The topological polar surface area (TPSA) is 59.8 Å². The molecule has 5 nitrogen and oxygen atoms in total. The highest BCUT2D eigenvalue weighted by molar-refractivity contribution is 7.98. The van der Waals surface area contributed by atoms with Crippen molar-refractivity contribution in [1.29, 1.82) is 0 Å². The van der Waals surface area contributed by atoms with Crippen LogP contribution in [-0.2, 0) is 19.7 Å². The number of nitrogens with zero attached hydrogens (tertiary/aromatic N) is 1. The number of aromatic nitrogens is 1. The number of likely N-dealkylation sites (tertiary alicyclic amines) is 1. The van der Waals surface area contributed by atoms with Crippen molar-refractivity contribution in [2.75, 3.05) is 19.3 Å². The average molecular weight is 424 g/mol. The fourth-order valence-electron chi connectivity index (χ4n) is 5.15. The van der Waals surface area contributed by atoms with E-state index in [4.69, 9.17) is 4.42 Å². The fourth-order valence-corrected chi connectivity index (χ4v) is 5.56. The van der Waals surface area contributed by atoms with Crippen LogP contribution >= 0.6 is 11.8 Å². The number of piperidine rings is 1. The minimum absolute atomic E-state index is 0.0563. The number of aliphatic hydroxyl groups is 1. The molecule has 6 heteroatoms. The van der Waals surface area contributed by atoms with Gasteiger partial charge in [0.05, 0.1) is 13.1 Å². The van der Waals surface area contributed by atoms with Crippen LogP contribution in [0.25, 0.3) is 11.1 Å². The Morgan fingerprint density at radius 3 is 2.63 bits per heavy atom. The molecule has 3 aromatic rings. The molecule has 30 heavy (non-hydrogen) atoms. The average Bonchev–Trinajstić information content (AvgIpc) is 3.22. The Labute approximate surface area is 180 Å². The zero-order chi connectivity index (χ0) is 20.7. The predicted octanol–water partition coefficient (Wildman–Crippen LogP) is 2.52. The van der Waals surface area contributed by atoms with Crippen LogP contribution in [0.2, 0.25) is 0 Å². The van der Waals surface area contributed by atoms with Gasteiger partial charge < -0.3 is 19.0 Å². The van der Waals surface area contributed by atoms with Crippen LogP contribution in [-0.4, -0.2) is 29.0 Å². The first-order valence-corrected chi connectivity index (χ1v) is 11.8. The molecule has 2 bridgehead atoms. The summed E-state index contributed by atoms with van der Waals surface area (Å²) in [5.41, 5.74) is 3.10. The number of nitrogens with one attached hydrogen (secondary N) is 1. The smallest absolute Gasteiger partial charge is 0.258 e. The van der Waals surface area contributed by atoms with E-state index in [1.165, 1.54) is 15.5 Å². The van der Waals surface area contributed by atoms with Crippen molar-refractivity contribution in [2.24, 2.45) is 5.92 Å². The third kappa shape index (κ3) is 3.64. The molecule has 1 unspecified atom stereocenters. The summed E-state index contributed by atoms with van der Waals surface area (Å²) < 4.78 is 7.73. The Morgan fingerprint density at radius 2 is 1.90 bits per heavy atom. The van der Waals surface area contributed by atoms with Crippen molar-refractivity contribution in [2.45, 2.75) is 36.9 Å². The first-order chi connectivity index (χ1) is 14.6. The molecule has 156 valence electrons. The van der Waals surface area contributed by atoms with Gasteiger partial charge in [-0.3, -0.25) is 4.79 Å². The van der Waals surface area contributed by atoms with Crippen molar-refractivity contribution in [3.8, 4) is 11.1 Å². The summed E-state index contributed by atoms with van der Waals surface area (Å²) in [5, 5.41) is 9.22. The second-order valence-electron chi connectivity index (χ2n) is 8.48. The van der Waals surface area contributed by atoms with E-state index in [9.17, 15) is 9.90 Å². The molecule has 1 saturated heterocycles. The van der Waals surface area contributed by atoms with Crippen molar-refractivity contribution in [3.63, 3.8) is 0 Å². The van der Waals surface area contributed by atoms with Crippen molar-refractivity contribution in [3.05, 3.63) is 76.1 Å². The number of furan rings is 1. The van der Waals surface area contributed by atoms with Gasteiger partial charge in [-0.15, -0.1) is 11.8 Å². The quantitative estimate of drug-likeness (QED) is 0.619. The molecule has 5 rings (SSSR count). The summed E-state index contributed by atoms with van der Waals surface area (Å²) in [7, 11) is 0. The standard InChI is InChI=1S/C24H26N2O3S/c1-30-21-6-2-17(3-7-21)22-8-9-23-18-10-16(12-26(23)24(22)28)11-25(13-18)14-19-4-5-20(15-27)29-19/h2-9,16,18,27H,10-15H2,1H3/p+1/t16-,18+/m0/s1. The molecule has 1 fully saturated rings. The minimum atomic E-state index is -0.0563. The fraction of sp³-hybridized carbons (Fsp3) is 0.375. The lowest BCUT2D eigenvalue weighted by molar-refractivity contribution is -0.925. The van der Waals surface area contributed by atoms with Crippen LogP contribution in [0.1, 0.15) is 29.6 Å².